The summed E-state index contributed by atoms with van der Waals surface area (Å²) in [4.78, 5) is 9.38. The molecule has 0 saturated carbocycles. The highest BCUT2D eigenvalue weighted by Crippen LogP contribution is 2.26. The van der Waals surface area contributed by atoms with Gasteiger partial charge in [-0.1, -0.05) is 19.1 Å². The van der Waals surface area contributed by atoms with E-state index < -0.39 is 9.71 Å². The average Bonchev–Trinajstić information content (AvgIpc) is 2.81. The van der Waals surface area contributed by atoms with Crippen LogP contribution in [-0.2, 0) is 14.4 Å². The van der Waals surface area contributed by atoms with E-state index in [1.54, 1.807) is 19.4 Å². The van der Waals surface area contributed by atoms with Crippen LogP contribution in [0.25, 0.3) is 0 Å². The van der Waals surface area contributed by atoms with Crippen LogP contribution in [0.15, 0.2) is 57.2 Å². The van der Waals surface area contributed by atoms with Crippen molar-refractivity contribution < 1.29 is 14.1 Å². The molecular weight excluding hydrogens is 518 g/mol. The lowest BCUT2D eigenvalue weighted by atomic mass is 9.97. The summed E-state index contributed by atoms with van der Waals surface area (Å²) < 4.78 is 22.9. The van der Waals surface area contributed by atoms with E-state index in [4.69, 9.17) is 4.74 Å². The van der Waals surface area contributed by atoms with Crippen molar-refractivity contribution >= 4 is 49.0 Å². The van der Waals surface area contributed by atoms with Gasteiger partial charge in [0.2, 0.25) is 5.95 Å². The Labute approximate surface area is 210 Å². The number of aromatic nitrogens is 2. The summed E-state index contributed by atoms with van der Waals surface area (Å²) >= 11 is 3.41. The number of ether oxygens (including phenoxy) is 1. The number of hydrogen-bond donors (Lipinski definition) is 4. The third-order valence-electron chi connectivity index (χ3n) is 5.40. The molecular formula is C24H32BrN5O3S. The molecule has 0 fully saturated rings. The fourth-order valence-electron chi connectivity index (χ4n) is 3.46. The molecule has 1 aliphatic carbocycles. The lowest BCUT2D eigenvalue weighted by Crippen LogP contribution is -2.27. The number of halogens is 1. The monoisotopic (exact) mass is 549 g/mol. The van der Waals surface area contributed by atoms with E-state index in [1.165, 1.54) is 0 Å². The molecule has 1 aliphatic rings. The molecule has 0 radical (unpaired) electrons. The summed E-state index contributed by atoms with van der Waals surface area (Å²) in [5.41, 5.74) is 2.53. The number of rotatable bonds is 10. The predicted molar refractivity (Wildman–Crippen MR) is 143 cm³/mol. The Morgan fingerprint density at radius 3 is 2.88 bits per heavy atom. The van der Waals surface area contributed by atoms with E-state index in [2.05, 4.69) is 66.2 Å². The van der Waals surface area contributed by atoms with E-state index in [0.717, 1.165) is 23.3 Å². The number of aliphatic hydroxyl groups excluding tert-OH is 1. The SMILES string of the molecule is C=S(=O)(NCC1=CCC(C)C=C1OC)c1cc(Nc2ncc(Br)c(N[C@H](C)CO)n2)ccc1C. The van der Waals surface area contributed by atoms with Crippen LogP contribution in [-0.4, -0.2) is 51.5 Å². The molecule has 0 saturated heterocycles. The Hall–Kier alpha value is -2.40. The van der Waals surface area contributed by atoms with Gasteiger partial charge in [-0.2, -0.15) is 4.98 Å². The molecule has 34 heavy (non-hydrogen) atoms. The molecule has 1 aromatic carbocycles. The van der Waals surface area contributed by atoms with Crippen molar-refractivity contribution in [3.8, 4) is 0 Å². The van der Waals surface area contributed by atoms with Crippen molar-refractivity contribution in [3.63, 3.8) is 0 Å². The number of aryl methyl sites for hydroxylation is 1. The number of methoxy groups -OCH3 is 1. The van der Waals surface area contributed by atoms with Crippen LogP contribution in [0.4, 0.5) is 17.5 Å². The predicted octanol–water partition coefficient (Wildman–Crippen LogP) is 4.16. The van der Waals surface area contributed by atoms with E-state index in [0.29, 0.717) is 39.3 Å². The van der Waals surface area contributed by atoms with E-state index >= 15 is 0 Å². The molecule has 8 nitrogen and oxygen atoms in total. The van der Waals surface area contributed by atoms with Crippen LogP contribution in [0, 0.1) is 12.8 Å². The molecule has 2 unspecified atom stereocenters. The first-order chi connectivity index (χ1) is 16.1. The Morgan fingerprint density at radius 2 is 2.18 bits per heavy atom. The smallest absolute Gasteiger partial charge is 0.229 e. The Bertz CT molecular complexity index is 1200. The summed E-state index contributed by atoms with van der Waals surface area (Å²) in [5.74, 6) is 6.14. The third kappa shape index (κ3) is 6.59. The highest BCUT2D eigenvalue weighted by Gasteiger charge is 2.17. The second-order valence-electron chi connectivity index (χ2n) is 8.40. The summed E-state index contributed by atoms with van der Waals surface area (Å²) in [6.07, 6.45) is 6.75. The van der Waals surface area contributed by atoms with Crippen LogP contribution >= 0.6 is 15.9 Å². The van der Waals surface area contributed by atoms with E-state index in [-0.39, 0.29) is 12.6 Å². The summed E-state index contributed by atoms with van der Waals surface area (Å²) in [6.45, 7) is 6.25. The summed E-state index contributed by atoms with van der Waals surface area (Å²) in [7, 11) is -1.14. The van der Waals surface area contributed by atoms with Gasteiger partial charge in [0.25, 0.3) is 0 Å². The first-order valence-electron chi connectivity index (χ1n) is 11.0. The van der Waals surface area contributed by atoms with Crippen molar-refractivity contribution in [2.75, 3.05) is 30.9 Å². The zero-order chi connectivity index (χ0) is 24.9. The number of aliphatic hydroxyl groups is 1. The van der Waals surface area contributed by atoms with Gasteiger partial charge >= 0.3 is 0 Å². The second kappa shape index (κ2) is 11.4. The van der Waals surface area contributed by atoms with Gasteiger partial charge in [-0.15, -0.1) is 0 Å². The number of nitrogens with one attached hydrogen (secondary N) is 3. The standard InChI is InChI=1S/C24H32BrN5O3S/c1-15-6-8-18(21(10-15)33-4)12-27-34(5,32)22-11-19(9-7-16(22)2)29-24-26-13-20(25)23(30-24)28-17(3)14-31/h7-11,13,15,17,31H,5-6,12,14H2,1-4H3,(H,27,32)(H2,26,28,29,30)/t15?,17-,34?/m1/s1. The molecule has 1 aromatic heterocycles. The van der Waals surface area contributed by atoms with E-state index in [1.807, 2.05) is 26.0 Å². The van der Waals surface area contributed by atoms with Gasteiger partial charge < -0.3 is 20.5 Å². The lowest BCUT2D eigenvalue weighted by Gasteiger charge is -2.21. The maximum atomic E-state index is 13.6. The fourth-order valence-corrected chi connectivity index (χ4v) is 5.22. The Kier molecular flexibility index (Phi) is 8.75. The third-order valence-corrected chi connectivity index (χ3v) is 7.75. The lowest BCUT2D eigenvalue weighted by molar-refractivity contribution is 0.281. The highest BCUT2D eigenvalue weighted by molar-refractivity contribution is 9.10. The first kappa shape index (κ1) is 26.2. The summed E-state index contributed by atoms with van der Waals surface area (Å²) in [6, 6.07) is 5.40. The summed E-state index contributed by atoms with van der Waals surface area (Å²) in [5, 5.41) is 15.6. The minimum Gasteiger partial charge on any atom is -0.497 e. The van der Waals surface area contributed by atoms with Gasteiger partial charge in [0.1, 0.15) is 11.6 Å². The zero-order valence-electron chi connectivity index (χ0n) is 19.9. The molecule has 0 bridgehead atoms. The molecule has 3 atom stereocenters. The molecule has 4 N–H and O–H groups in total. The largest absolute Gasteiger partial charge is 0.497 e. The molecule has 10 heteroatoms. The van der Waals surface area contributed by atoms with Crippen LogP contribution in [0.2, 0.25) is 0 Å². The topological polar surface area (TPSA) is 108 Å². The minimum atomic E-state index is -2.79. The van der Waals surface area contributed by atoms with Gasteiger partial charge in [-0.3, -0.25) is 0 Å². The second-order valence-corrected chi connectivity index (χ2v) is 11.3. The van der Waals surface area contributed by atoms with Gasteiger partial charge in [-0.05, 0) is 71.8 Å². The number of allylic oxidation sites excluding steroid dienone is 2. The average molecular weight is 551 g/mol. The fraction of sp³-hybridized carbons (Fsp3) is 0.375. The maximum Gasteiger partial charge on any atom is 0.229 e. The zero-order valence-corrected chi connectivity index (χ0v) is 22.3. The van der Waals surface area contributed by atoms with Crippen molar-refractivity contribution in [1.29, 1.82) is 0 Å². The molecule has 0 amide bonds. The number of anilines is 3. The van der Waals surface area contributed by atoms with Gasteiger partial charge in [0.15, 0.2) is 0 Å². The first-order valence-corrected chi connectivity index (χ1v) is 13.5. The van der Waals surface area contributed by atoms with Crippen LogP contribution in [0.5, 0.6) is 0 Å². The Balaban J connectivity index is 1.78. The number of nitrogens with zero attached hydrogens (tertiary/aromatic N) is 2. The highest BCUT2D eigenvalue weighted by atomic mass is 79.9. The Morgan fingerprint density at radius 1 is 1.41 bits per heavy atom. The molecule has 3 rings (SSSR count). The van der Waals surface area contributed by atoms with Crippen molar-refractivity contribution in [2.24, 2.45) is 5.92 Å². The normalized spacial score (nSPS) is 18.4. The minimum absolute atomic E-state index is 0.0248. The van der Waals surface area contributed by atoms with Crippen LogP contribution in [0.3, 0.4) is 0 Å². The van der Waals surface area contributed by atoms with Gasteiger partial charge in [-0.25, -0.2) is 13.9 Å². The van der Waals surface area contributed by atoms with E-state index in [9.17, 15) is 9.32 Å². The van der Waals surface area contributed by atoms with Crippen LogP contribution in [0.1, 0.15) is 25.8 Å². The molecule has 184 valence electrons. The van der Waals surface area contributed by atoms with Gasteiger partial charge in [0, 0.05) is 34.9 Å². The van der Waals surface area contributed by atoms with Crippen molar-refractivity contribution in [1.82, 2.24) is 14.7 Å². The molecule has 2 aromatic rings. The van der Waals surface area contributed by atoms with Gasteiger partial charge in [0.05, 0.1) is 27.9 Å². The van der Waals surface area contributed by atoms with Crippen molar-refractivity contribution in [3.05, 3.63) is 57.9 Å². The molecule has 1 heterocycles. The van der Waals surface area contributed by atoms with Crippen molar-refractivity contribution in [2.45, 2.75) is 38.1 Å². The van der Waals surface area contributed by atoms with Crippen LogP contribution < -0.4 is 15.4 Å². The number of hydrogen-bond acceptors (Lipinski definition) is 7. The quantitative estimate of drug-likeness (QED) is 0.329. The molecule has 0 aliphatic heterocycles. The maximum absolute atomic E-state index is 13.6. The number of benzene rings is 1. The molecule has 0 spiro atoms.